The minimum Gasteiger partial charge on any atom is -0.336 e. The third kappa shape index (κ3) is 4.66. The van der Waals surface area contributed by atoms with Crippen LogP contribution in [-0.4, -0.2) is 22.6 Å². The summed E-state index contributed by atoms with van der Waals surface area (Å²) in [5.41, 5.74) is 1.13. The molecule has 1 rings (SSSR count). The van der Waals surface area contributed by atoms with Crippen LogP contribution in [0.3, 0.4) is 0 Å². The summed E-state index contributed by atoms with van der Waals surface area (Å²) >= 11 is 0. The molecular formula is C12H19N3. The van der Waals surface area contributed by atoms with Crippen LogP contribution in [0.5, 0.6) is 0 Å². The summed E-state index contributed by atoms with van der Waals surface area (Å²) in [6.07, 6.45) is 12.1. The SMILES string of the molecule is C#CCCn1cnc(CCNCCC)c1. The maximum atomic E-state index is 5.20. The van der Waals surface area contributed by atoms with E-state index in [0.717, 1.165) is 38.2 Å². The number of hydrogen-bond donors (Lipinski definition) is 1. The first kappa shape index (κ1) is 11.8. The highest BCUT2D eigenvalue weighted by Gasteiger charge is 1.97. The van der Waals surface area contributed by atoms with E-state index in [1.54, 1.807) is 0 Å². The fraction of sp³-hybridized carbons (Fsp3) is 0.583. The Bertz CT molecular complexity index is 309. The van der Waals surface area contributed by atoms with Crippen molar-refractivity contribution in [3.63, 3.8) is 0 Å². The van der Waals surface area contributed by atoms with Gasteiger partial charge in [0, 0.05) is 32.1 Å². The lowest BCUT2D eigenvalue weighted by Crippen LogP contribution is -2.17. The van der Waals surface area contributed by atoms with Gasteiger partial charge in [0.2, 0.25) is 0 Å². The van der Waals surface area contributed by atoms with E-state index in [2.05, 4.69) is 33.9 Å². The molecular weight excluding hydrogens is 186 g/mol. The first-order valence-electron chi connectivity index (χ1n) is 5.51. The van der Waals surface area contributed by atoms with Gasteiger partial charge in [0.25, 0.3) is 0 Å². The summed E-state index contributed by atoms with van der Waals surface area (Å²) in [7, 11) is 0. The maximum absolute atomic E-state index is 5.20. The molecule has 1 N–H and O–H groups in total. The molecule has 0 aliphatic carbocycles. The minimum absolute atomic E-state index is 0.768. The molecule has 3 heteroatoms. The molecule has 0 aliphatic heterocycles. The molecule has 0 saturated heterocycles. The number of imidazole rings is 1. The van der Waals surface area contributed by atoms with E-state index < -0.39 is 0 Å². The highest BCUT2D eigenvalue weighted by atomic mass is 15.0. The number of aromatic nitrogens is 2. The van der Waals surface area contributed by atoms with Crippen LogP contribution in [-0.2, 0) is 13.0 Å². The van der Waals surface area contributed by atoms with Crippen LogP contribution < -0.4 is 5.32 Å². The first-order valence-corrected chi connectivity index (χ1v) is 5.51. The van der Waals surface area contributed by atoms with Gasteiger partial charge in [0.15, 0.2) is 0 Å². The molecule has 0 radical (unpaired) electrons. The lowest BCUT2D eigenvalue weighted by molar-refractivity contribution is 0.665. The summed E-state index contributed by atoms with van der Waals surface area (Å²) in [6.45, 7) is 5.12. The normalized spacial score (nSPS) is 10.1. The zero-order valence-corrected chi connectivity index (χ0v) is 9.37. The smallest absolute Gasteiger partial charge is 0.0949 e. The van der Waals surface area contributed by atoms with Crippen LogP contribution in [0.4, 0.5) is 0 Å². The highest BCUT2D eigenvalue weighted by molar-refractivity contribution is 4.98. The molecule has 1 aromatic rings. The number of nitrogens with one attached hydrogen (secondary N) is 1. The molecule has 0 bridgehead atoms. The Morgan fingerprint density at radius 3 is 3.13 bits per heavy atom. The Hall–Kier alpha value is -1.27. The molecule has 0 fully saturated rings. The molecule has 82 valence electrons. The zero-order valence-electron chi connectivity index (χ0n) is 9.37. The van der Waals surface area contributed by atoms with Gasteiger partial charge in [-0.2, -0.15) is 0 Å². The Morgan fingerprint density at radius 1 is 1.53 bits per heavy atom. The Morgan fingerprint density at radius 2 is 2.40 bits per heavy atom. The molecule has 1 heterocycles. The van der Waals surface area contributed by atoms with Gasteiger partial charge >= 0.3 is 0 Å². The average molecular weight is 205 g/mol. The van der Waals surface area contributed by atoms with E-state index >= 15 is 0 Å². The zero-order chi connectivity index (χ0) is 10.9. The van der Waals surface area contributed by atoms with Crippen molar-refractivity contribution in [2.24, 2.45) is 0 Å². The lowest BCUT2D eigenvalue weighted by atomic mass is 10.3. The van der Waals surface area contributed by atoms with Crippen molar-refractivity contribution in [1.29, 1.82) is 0 Å². The quantitative estimate of drug-likeness (QED) is 0.539. The molecule has 0 spiro atoms. The first-order chi connectivity index (χ1) is 7.36. The van der Waals surface area contributed by atoms with Gasteiger partial charge in [-0.05, 0) is 13.0 Å². The van der Waals surface area contributed by atoms with Gasteiger partial charge in [-0.15, -0.1) is 12.3 Å². The van der Waals surface area contributed by atoms with E-state index in [9.17, 15) is 0 Å². The van der Waals surface area contributed by atoms with Crippen LogP contribution >= 0.6 is 0 Å². The molecule has 0 unspecified atom stereocenters. The highest BCUT2D eigenvalue weighted by Crippen LogP contribution is 1.98. The topological polar surface area (TPSA) is 29.9 Å². The third-order valence-electron chi connectivity index (χ3n) is 2.19. The van der Waals surface area contributed by atoms with Crippen LogP contribution in [0.1, 0.15) is 25.5 Å². The van der Waals surface area contributed by atoms with E-state index in [4.69, 9.17) is 6.42 Å². The van der Waals surface area contributed by atoms with Crippen molar-refractivity contribution >= 4 is 0 Å². The molecule has 0 saturated carbocycles. The van der Waals surface area contributed by atoms with Crippen LogP contribution in [0.25, 0.3) is 0 Å². The molecule has 3 nitrogen and oxygen atoms in total. The summed E-state index contributed by atoms with van der Waals surface area (Å²) in [5.74, 6) is 2.62. The number of terminal acetylenes is 1. The summed E-state index contributed by atoms with van der Waals surface area (Å²) in [6, 6.07) is 0. The van der Waals surface area contributed by atoms with Gasteiger partial charge in [0.05, 0.1) is 12.0 Å². The van der Waals surface area contributed by atoms with Crippen LogP contribution in [0, 0.1) is 12.3 Å². The molecule has 0 aliphatic rings. The molecule has 1 aromatic heterocycles. The summed E-state index contributed by atoms with van der Waals surface area (Å²) in [5, 5.41) is 3.35. The Kier molecular flexibility index (Phi) is 5.57. The Labute approximate surface area is 91.9 Å². The van der Waals surface area contributed by atoms with E-state index in [0.29, 0.717) is 0 Å². The van der Waals surface area contributed by atoms with Gasteiger partial charge in [0.1, 0.15) is 0 Å². The molecule has 0 amide bonds. The maximum Gasteiger partial charge on any atom is 0.0949 e. The fourth-order valence-electron chi connectivity index (χ4n) is 1.37. The fourth-order valence-corrected chi connectivity index (χ4v) is 1.37. The van der Waals surface area contributed by atoms with E-state index in [1.165, 1.54) is 6.42 Å². The van der Waals surface area contributed by atoms with Crippen molar-refractivity contribution in [2.75, 3.05) is 13.1 Å². The minimum atomic E-state index is 0.768. The van der Waals surface area contributed by atoms with Crippen LogP contribution in [0.15, 0.2) is 12.5 Å². The summed E-state index contributed by atoms with van der Waals surface area (Å²) < 4.78 is 2.05. The van der Waals surface area contributed by atoms with Crippen molar-refractivity contribution in [3.8, 4) is 12.3 Å². The largest absolute Gasteiger partial charge is 0.336 e. The predicted octanol–water partition coefficient (Wildman–Crippen LogP) is 1.45. The second kappa shape index (κ2) is 7.08. The predicted molar refractivity (Wildman–Crippen MR) is 62.5 cm³/mol. The summed E-state index contributed by atoms with van der Waals surface area (Å²) in [4.78, 5) is 4.32. The third-order valence-corrected chi connectivity index (χ3v) is 2.19. The van der Waals surface area contributed by atoms with Gasteiger partial charge in [-0.3, -0.25) is 0 Å². The molecule has 15 heavy (non-hydrogen) atoms. The van der Waals surface area contributed by atoms with Gasteiger partial charge in [-0.25, -0.2) is 4.98 Å². The monoisotopic (exact) mass is 205 g/mol. The van der Waals surface area contributed by atoms with Gasteiger partial charge < -0.3 is 9.88 Å². The second-order valence-corrected chi connectivity index (χ2v) is 3.56. The Balaban J connectivity index is 2.24. The molecule has 0 aromatic carbocycles. The number of nitrogens with zero attached hydrogens (tertiary/aromatic N) is 2. The molecule has 0 atom stereocenters. The van der Waals surface area contributed by atoms with Crippen molar-refractivity contribution < 1.29 is 0 Å². The number of aryl methyl sites for hydroxylation is 1. The van der Waals surface area contributed by atoms with Crippen LogP contribution in [0.2, 0.25) is 0 Å². The van der Waals surface area contributed by atoms with Crippen molar-refractivity contribution in [1.82, 2.24) is 14.9 Å². The average Bonchev–Trinajstić information content (AvgIpc) is 2.69. The lowest BCUT2D eigenvalue weighted by Gasteiger charge is -1.99. The van der Waals surface area contributed by atoms with E-state index in [-0.39, 0.29) is 0 Å². The van der Waals surface area contributed by atoms with E-state index in [1.807, 2.05) is 6.33 Å². The number of hydrogen-bond acceptors (Lipinski definition) is 2. The number of rotatable bonds is 7. The van der Waals surface area contributed by atoms with Crippen molar-refractivity contribution in [3.05, 3.63) is 18.2 Å². The van der Waals surface area contributed by atoms with Crippen molar-refractivity contribution in [2.45, 2.75) is 32.7 Å². The van der Waals surface area contributed by atoms with Gasteiger partial charge in [-0.1, -0.05) is 6.92 Å². The standard InChI is InChI=1S/C12H19N3/c1-3-5-9-15-10-12(14-11-15)6-8-13-7-4-2/h1,10-11,13H,4-9H2,2H3. The second-order valence-electron chi connectivity index (χ2n) is 3.56.